The molecule has 1 saturated heterocycles. The average molecular weight is 1130 g/mol. The topological polar surface area (TPSA) is 452 Å². The van der Waals surface area contributed by atoms with Crippen LogP contribution in [0.4, 0.5) is 0 Å². The van der Waals surface area contributed by atoms with Crippen molar-refractivity contribution in [3.63, 3.8) is 0 Å². The van der Waals surface area contributed by atoms with Crippen molar-refractivity contribution < 1.29 is 43.2 Å². The van der Waals surface area contributed by atoms with Crippen molar-refractivity contribution in [2.45, 2.75) is 133 Å². The molecule has 0 saturated carbocycles. The summed E-state index contributed by atoms with van der Waals surface area (Å²) in [5, 5.41) is 17.3. The number of primary amides is 2. The Hall–Kier alpha value is -9.07. The summed E-state index contributed by atoms with van der Waals surface area (Å²) in [5.41, 5.74) is 42.4. The number of hydrogen-bond acceptors (Lipinski definition) is 12. The summed E-state index contributed by atoms with van der Waals surface area (Å²) in [6, 6.07) is 15.3. The normalized spacial score (nSPS) is 15.5. The van der Waals surface area contributed by atoms with E-state index in [1.54, 1.807) is 60.8 Å². The van der Waals surface area contributed by atoms with E-state index >= 15 is 0 Å². The van der Waals surface area contributed by atoms with E-state index in [9.17, 15) is 43.2 Å². The number of fused-ring (bicyclic) bond motifs is 1. The van der Waals surface area contributed by atoms with Crippen molar-refractivity contribution in [2.75, 3.05) is 19.6 Å². The summed E-state index contributed by atoms with van der Waals surface area (Å²) in [6.45, 7) is 3.91. The molecule has 9 amide bonds. The van der Waals surface area contributed by atoms with Gasteiger partial charge in [0.25, 0.3) is 0 Å². The Morgan fingerprint density at radius 1 is 0.585 bits per heavy atom. The fourth-order valence-electron chi connectivity index (χ4n) is 9.55. The summed E-state index contributed by atoms with van der Waals surface area (Å²) in [5.74, 6) is -7.58. The fraction of sp³-hybridized carbons (Fsp3) is 0.446. The summed E-state index contributed by atoms with van der Waals surface area (Å²) in [7, 11) is 0. The minimum Gasteiger partial charge on any atom is -0.370 e. The number of rotatable bonds is 32. The molecule has 82 heavy (non-hydrogen) atoms. The molecular formula is C56H79N17O9. The highest BCUT2D eigenvalue weighted by Crippen LogP contribution is 2.22. The van der Waals surface area contributed by atoms with E-state index in [1.165, 1.54) is 4.90 Å². The summed E-state index contributed by atoms with van der Waals surface area (Å²) in [4.78, 5) is 137. The number of guanidine groups is 2. The first-order chi connectivity index (χ1) is 39.1. The lowest BCUT2D eigenvalue weighted by Crippen LogP contribution is -2.60. The second-order valence-corrected chi connectivity index (χ2v) is 20.7. The molecule has 1 aliphatic heterocycles. The van der Waals surface area contributed by atoms with Crippen LogP contribution in [0.3, 0.4) is 0 Å². The number of aromatic nitrogens is 1. The van der Waals surface area contributed by atoms with Gasteiger partial charge in [-0.15, -0.1) is 0 Å². The lowest BCUT2D eigenvalue weighted by atomic mass is 9.99. The molecule has 8 atom stereocenters. The van der Waals surface area contributed by atoms with Crippen LogP contribution < -0.4 is 72.0 Å². The lowest BCUT2D eigenvalue weighted by Gasteiger charge is -2.31. The van der Waals surface area contributed by atoms with Crippen LogP contribution in [-0.4, -0.2) is 143 Å². The monoisotopic (exact) mass is 1130 g/mol. The third-order valence-electron chi connectivity index (χ3n) is 13.7. The van der Waals surface area contributed by atoms with Crippen molar-refractivity contribution in [2.24, 2.45) is 56.0 Å². The van der Waals surface area contributed by atoms with Gasteiger partial charge in [0, 0.05) is 49.6 Å². The number of likely N-dealkylation sites (tertiary alicyclic amines) is 1. The number of aromatic amines is 1. The van der Waals surface area contributed by atoms with Gasteiger partial charge < -0.3 is 81.9 Å². The van der Waals surface area contributed by atoms with Crippen LogP contribution in [0.15, 0.2) is 101 Å². The van der Waals surface area contributed by atoms with Crippen LogP contribution in [0, 0.1) is 5.92 Å². The predicted octanol–water partition coefficient (Wildman–Crippen LogP) is -2.06. The Balaban J connectivity index is 1.38. The molecule has 1 aromatic heterocycles. The number of nitrogens with zero attached hydrogens (tertiary/aromatic N) is 3. The third-order valence-corrected chi connectivity index (χ3v) is 13.7. The first-order valence-corrected chi connectivity index (χ1v) is 27.3. The molecule has 0 bridgehead atoms. The van der Waals surface area contributed by atoms with Gasteiger partial charge in [-0.1, -0.05) is 92.7 Å². The number of hydrogen-bond donors (Lipinski definition) is 14. The smallest absolute Gasteiger partial charge is 0.245 e. The van der Waals surface area contributed by atoms with Crippen LogP contribution in [0.1, 0.15) is 81.9 Å². The van der Waals surface area contributed by atoms with Gasteiger partial charge in [0.15, 0.2) is 11.9 Å². The Kier molecular flexibility index (Phi) is 24.6. The van der Waals surface area contributed by atoms with Gasteiger partial charge in [-0.3, -0.25) is 53.1 Å². The largest absolute Gasteiger partial charge is 0.370 e. The summed E-state index contributed by atoms with van der Waals surface area (Å²) >= 11 is 0. The second kappa shape index (κ2) is 31.6. The zero-order valence-electron chi connectivity index (χ0n) is 46.3. The Morgan fingerprint density at radius 3 is 1.62 bits per heavy atom. The second-order valence-electron chi connectivity index (χ2n) is 20.7. The van der Waals surface area contributed by atoms with Gasteiger partial charge in [-0.05, 0) is 80.0 Å². The number of benzene rings is 3. The van der Waals surface area contributed by atoms with Crippen molar-refractivity contribution in [3.05, 3.63) is 108 Å². The van der Waals surface area contributed by atoms with E-state index in [2.05, 4.69) is 46.9 Å². The van der Waals surface area contributed by atoms with Crippen LogP contribution in [-0.2, 0) is 62.4 Å². The number of nitrogens with two attached hydrogens (primary N) is 7. The number of aliphatic imine (C=N–C) groups is 2. The molecule has 442 valence electrons. The van der Waals surface area contributed by atoms with Crippen molar-refractivity contribution in [1.82, 2.24) is 41.8 Å². The molecule has 2 heterocycles. The number of H-pyrrole nitrogens is 1. The maximum atomic E-state index is 14.8. The molecule has 0 unspecified atom stereocenters. The van der Waals surface area contributed by atoms with Crippen molar-refractivity contribution >= 4 is 76.0 Å². The highest BCUT2D eigenvalue weighted by atomic mass is 16.2. The Labute approximate surface area is 475 Å². The molecule has 5 rings (SSSR count). The van der Waals surface area contributed by atoms with Crippen LogP contribution in [0.2, 0.25) is 0 Å². The van der Waals surface area contributed by atoms with Gasteiger partial charge in [0.1, 0.15) is 42.3 Å². The van der Waals surface area contributed by atoms with E-state index in [-0.39, 0.29) is 95.3 Å². The molecular weight excluding hydrogens is 1050 g/mol. The Bertz CT molecular complexity index is 2890. The maximum Gasteiger partial charge on any atom is 0.245 e. The zero-order chi connectivity index (χ0) is 59.9. The summed E-state index contributed by atoms with van der Waals surface area (Å²) in [6.07, 6.45) is 2.23. The SMILES string of the molecule is CC(C)C[C@H](NC(=O)[C@H](Cc1ccccc1)NC(=O)[C@H](N)Cc1c[nH]c2ccccc12)C(=O)N[C@@H](Cc1ccccc1)C(=O)N[C@@H](CCCN=C(N)N)C(=O)N1CCC[C@H]1C(=O)N[C@@H](CCCN=C(N)N)C(=O)N[C@@H](CC(N)=O)C(N)=O. The van der Waals surface area contributed by atoms with E-state index in [1.807, 2.05) is 44.2 Å². The first kappa shape index (κ1) is 63.8. The number of para-hydroxylation sites is 1. The quantitative estimate of drug-likeness (QED) is 0.0142. The molecule has 1 aliphatic rings. The van der Waals surface area contributed by atoms with Crippen molar-refractivity contribution in [1.29, 1.82) is 0 Å². The van der Waals surface area contributed by atoms with E-state index in [0.717, 1.165) is 22.0 Å². The highest BCUT2D eigenvalue weighted by molar-refractivity contribution is 5.99. The van der Waals surface area contributed by atoms with E-state index < -0.39 is 108 Å². The number of nitrogens with one attached hydrogen (secondary N) is 7. The van der Waals surface area contributed by atoms with Crippen LogP contribution in [0.5, 0.6) is 0 Å². The number of carbonyl (C=O) groups is 9. The molecule has 0 aliphatic carbocycles. The summed E-state index contributed by atoms with van der Waals surface area (Å²) < 4.78 is 0. The minimum atomic E-state index is -1.49. The number of carbonyl (C=O) groups excluding carboxylic acids is 9. The first-order valence-electron chi connectivity index (χ1n) is 27.3. The van der Waals surface area contributed by atoms with Crippen LogP contribution >= 0.6 is 0 Å². The lowest BCUT2D eigenvalue weighted by molar-refractivity contribution is -0.142. The third kappa shape index (κ3) is 20.2. The van der Waals surface area contributed by atoms with Gasteiger partial charge >= 0.3 is 0 Å². The number of amides is 9. The molecule has 26 nitrogen and oxygen atoms in total. The molecule has 3 aromatic carbocycles. The Morgan fingerprint density at radius 2 is 1.07 bits per heavy atom. The van der Waals surface area contributed by atoms with E-state index in [4.69, 9.17) is 40.1 Å². The van der Waals surface area contributed by atoms with Gasteiger partial charge in [-0.25, -0.2) is 0 Å². The van der Waals surface area contributed by atoms with Crippen LogP contribution in [0.25, 0.3) is 10.9 Å². The molecule has 4 aromatic rings. The maximum absolute atomic E-state index is 14.8. The van der Waals surface area contributed by atoms with Gasteiger partial charge in [0.2, 0.25) is 53.2 Å². The molecule has 0 radical (unpaired) electrons. The predicted molar refractivity (Wildman–Crippen MR) is 309 cm³/mol. The molecule has 0 spiro atoms. The van der Waals surface area contributed by atoms with Gasteiger partial charge in [0.05, 0.1) is 12.5 Å². The average Bonchev–Trinajstić information content (AvgIpc) is 4.22. The molecule has 1 fully saturated rings. The fourth-order valence-corrected chi connectivity index (χ4v) is 9.55. The standard InChI is InChI=1S/C56H79N17O9/c1-32(2)26-42(71-52(80)43(27-33-14-5-3-6-15-33)70-48(76)37(57)29-35-31-66-38-19-10-9-18-36(35)38)50(78)72-44(28-34-16-7-4-8-17-34)51(79)68-40(21-12-24-65-56(62)63)54(82)73-25-13-22-45(73)53(81)67-39(20-11-23-64-55(60)61)49(77)69-41(47(59)75)30-46(58)74/h3-10,14-19,31-32,37,39-45,66H,11-13,20-30,57H2,1-2H3,(H2,58,74)(H2,59,75)(H,67,81)(H,68,79)(H,69,77)(H,70,76)(H,71,80)(H,72,78)(H4,60,61,64)(H4,62,63,65)/t37-,39+,40+,41+,42+,43+,44+,45+/m1/s1. The highest BCUT2D eigenvalue weighted by Gasteiger charge is 2.40. The zero-order valence-corrected chi connectivity index (χ0v) is 46.3. The van der Waals surface area contributed by atoms with Crippen molar-refractivity contribution in [3.8, 4) is 0 Å². The van der Waals surface area contributed by atoms with Gasteiger partial charge in [-0.2, -0.15) is 0 Å². The molecule has 26 heteroatoms. The molecule has 21 N–H and O–H groups in total. The van der Waals surface area contributed by atoms with E-state index in [0.29, 0.717) is 12.0 Å². The minimum absolute atomic E-state index is 0.0334.